The minimum absolute atomic E-state index is 0.0103. The molecule has 0 bridgehead atoms. The Balaban J connectivity index is 1.91. The Morgan fingerprint density at radius 3 is 2.58 bits per heavy atom. The number of nitrogens with one attached hydrogen (secondary N) is 1. The molecule has 1 aliphatic heterocycles. The van der Waals surface area contributed by atoms with E-state index in [0.29, 0.717) is 5.69 Å². The number of rotatable bonds is 2. The molecule has 3 aromatic rings. The fourth-order valence-electron chi connectivity index (χ4n) is 2.92. The van der Waals surface area contributed by atoms with Crippen LogP contribution in [0, 0.1) is 13.8 Å². The van der Waals surface area contributed by atoms with Crippen molar-refractivity contribution in [3.8, 4) is 16.3 Å². The topological polar surface area (TPSA) is 107 Å². The number of pyridine rings is 1. The molecule has 1 aliphatic rings. The molecule has 0 spiro atoms. The van der Waals surface area contributed by atoms with Crippen LogP contribution in [-0.2, 0) is 0 Å². The Morgan fingerprint density at radius 1 is 1.12 bits per heavy atom. The van der Waals surface area contributed by atoms with Crippen LogP contribution >= 0.6 is 11.3 Å². The van der Waals surface area contributed by atoms with Crippen molar-refractivity contribution in [1.29, 1.82) is 0 Å². The summed E-state index contributed by atoms with van der Waals surface area (Å²) < 4.78 is 1.23. The van der Waals surface area contributed by atoms with Crippen molar-refractivity contribution >= 4 is 29.0 Å². The van der Waals surface area contributed by atoms with Crippen LogP contribution in [0.15, 0.2) is 35.1 Å². The van der Waals surface area contributed by atoms with Crippen LogP contribution in [0.3, 0.4) is 0 Å². The summed E-state index contributed by atoms with van der Waals surface area (Å²) in [7, 11) is 0. The first-order valence-electron chi connectivity index (χ1n) is 7.83. The van der Waals surface area contributed by atoms with Crippen molar-refractivity contribution in [2.45, 2.75) is 13.8 Å². The molecular weight excluding hydrogens is 352 g/mol. The molecule has 0 saturated heterocycles. The van der Waals surface area contributed by atoms with Crippen LogP contribution < -0.4 is 16.6 Å². The highest BCUT2D eigenvalue weighted by Gasteiger charge is 2.31. The number of nitrogens with zero attached hydrogens (tertiary/aromatic N) is 2. The van der Waals surface area contributed by atoms with Crippen molar-refractivity contribution in [3.05, 3.63) is 62.4 Å². The normalized spacial score (nSPS) is 13.0. The summed E-state index contributed by atoms with van der Waals surface area (Å²) >= 11 is 1.56. The third-order valence-electron chi connectivity index (χ3n) is 4.33. The Bertz CT molecular complexity index is 1140. The second-order valence-electron chi connectivity index (χ2n) is 5.99. The Labute approximate surface area is 152 Å². The van der Waals surface area contributed by atoms with E-state index in [2.05, 4.69) is 10.3 Å². The van der Waals surface area contributed by atoms with Gasteiger partial charge in [-0.05, 0) is 26.0 Å². The molecule has 0 atom stereocenters. The second-order valence-corrected chi connectivity index (χ2v) is 7.19. The molecule has 8 heteroatoms. The first kappa shape index (κ1) is 16.2. The number of fused-ring (bicyclic) bond motifs is 1. The van der Waals surface area contributed by atoms with Gasteiger partial charge < -0.3 is 5.73 Å². The smallest absolute Gasteiger partial charge is 0.262 e. The lowest BCUT2D eigenvalue weighted by Gasteiger charge is -2.12. The summed E-state index contributed by atoms with van der Waals surface area (Å²) in [6.07, 6.45) is 0. The second kappa shape index (κ2) is 5.63. The average Bonchev–Trinajstić information content (AvgIpc) is 3.07. The Kier molecular flexibility index (Phi) is 3.52. The lowest BCUT2D eigenvalue weighted by atomic mass is 10.1. The third-order valence-corrected chi connectivity index (χ3v) is 5.46. The molecule has 0 radical (unpaired) electrons. The van der Waals surface area contributed by atoms with Crippen molar-refractivity contribution in [2.75, 3.05) is 5.73 Å². The largest absolute Gasteiger partial charge is 0.384 e. The zero-order chi connectivity index (χ0) is 18.6. The summed E-state index contributed by atoms with van der Waals surface area (Å²) in [5, 5.41) is 2.99. The highest BCUT2D eigenvalue weighted by Crippen LogP contribution is 2.29. The molecule has 2 amide bonds. The minimum Gasteiger partial charge on any atom is -0.384 e. The van der Waals surface area contributed by atoms with Crippen molar-refractivity contribution in [2.24, 2.45) is 0 Å². The van der Waals surface area contributed by atoms with E-state index in [0.717, 1.165) is 27.2 Å². The molecule has 0 aliphatic carbocycles. The van der Waals surface area contributed by atoms with Crippen LogP contribution in [0.25, 0.3) is 16.3 Å². The van der Waals surface area contributed by atoms with E-state index in [1.54, 1.807) is 29.5 Å². The molecular formula is C18H14N4O3S. The van der Waals surface area contributed by atoms with E-state index in [1.807, 2.05) is 19.9 Å². The number of thiazole rings is 1. The van der Waals surface area contributed by atoms with Crippen molar-refractivity contribution in [1.82, 2.24) is 14.9 Å². The number of hydrogen-bond donors (Lipinski definition) is 2. The van der Waals surface area contributed by atoms with Crippen molar-refractivity contribution in [3.63, 3.8) is 0 Å². The predicted molar refractivity (Wildman–Crippen MR) is 98.8 cm³/mol. The van der Waals surface area contributed by atoms with E-state index in [1.165, 1.54) is 4.57 Å². The Morgan fingerprint density at radius 2 is 1.88 bits per heavy atom. The van der Waals surface area contributed by atoms with Gasteiger partial charge in [-0.1, -0.05) is 12.1 Å². The van der Waals surface area contributed by atoms with Crippen LogP contribution in [0.4, 0.5) is 5.82 Å². The SMILES string of the molecule is Cc1nc(-c2cccc(-n3c(N)c4c(cc3=O)C(=O)NC4=O)c2)sc1C. The summed E-state index contributed by atoms with van der Waals surface area (Å²) in [4.78, 5) is 41.9. The molecule has 0 unspecified atom stereocenters. The molecule has 26 heavy (non-hydrogen) atoms. The first-order valence-corrected chi connectivity index (χ1v) is 8.64. The lowest BCUT2D eigenvalue weighted by Crippen LogP contribution is -2.24. The fourth-order valence-corrected chi connectivity index (χ4v) is 3.83. The van der Waals surface area contributed by atoms with Gasteiger partial charge in [0.1, 0.15) is 10.8 Å². The van der Waals surface area contributed by atoms with Gasteiger partial charge in [0, 0.05) is 16.5 Å². The van der Waals surface area contributed by atoms with Crippen LogP contribution in [0.5, 0.6) is 0 Å². The van der Waals surface area contributed by atoms with Crippen LogP contribution in [0.1, 0.15) is 31.3 Å². The quantitative estimate of drug-likeness (QED) is 0.675. The van der Waals surface area contributed by atoms with Gasteiger partial charge in [-0.15, -0.1) is 11.3 Å². The van der Waals surface area contributed by atoms with Gasteiger partial charge in [-0.3, -0.25) is 24.3 Å². The molecule has 7 nitrogen and oxygen atoms in total. The van der Waals surface area contributed by atoms with Crippen molar-refractivity contribution < 1.29 is 9.59 Å². The van der Waals surface area contributed by atoms with E-state index >= 15 is 0 Å². The number of aryl methyl sites for hydroxylation is 2. The lowest BCUT2D eigenvalue weighted by molar-refractivity contribution is 0.0880. The summed E-state index contributed by atoms with van der Waals surface area (Å²) in [5.41, 5.74) is 7.94. The standard InChI is InChI=1S/C18H14N4O3S/c1-8-9(2)26-18(20-8)10-4-3-5-11(6-10)22-13(23)7-12-14(15(22)19)17(25)21-16(12)24/h3-7H,19H2,1-2H3,(H,21,24,25). The molecule has 1 aromatic carbocycles. The summed E-state index contributed by atoms with van der Waals surface area (Å²) in [6, 6.07) is 8.33. The predicted octanol–water partition coefficient (Wildman–Crippen LogP) is 2.04. The number of amides is 2. The maximum atomic E-state index is 12.5. The van der Waals surface area contributed by atoms with Gasteiger partial charge in [-0.2, -0.15) is 0 Å². The molecule has 2 aromatic heterocycles. The number of nitrogen functional groups attached to an aromatic ring is 1. The maximum Gasteiger partial charge on any atom is 0.262 e. The van der Waals surface area contributed by atoms with E-state index in [4.69, 9.17) is 5.73 Å². The minimum atomic E-state index is -0.608. The summed E-state index contributed by atoms with van der Waals surface area (Å²) in [6.45, 7) is 3.94. The molecule has 3 N–H and O–H groups in total. The number of benzene rings is 1. The van der Waals surface area contributed by atoms with Crippen LogP contribution in [-0.4, -0.2) is 21.4 Å². The number of carbonyl (C=O) groups excluding carboxylic acids is 2. The van der Waals surface area contributed by atoms with E-state index in [9.17, 15) is 14.4 Å². The zero-order valence-corrected chi connectivity index (χ0v) is 14.8. The first-order chi connectivity index (χ1) is 12.4. The van der Waals surface area contributed by atoms with Gasteiger partial charge >= 0.3 is 0 Å². The number of aromatic nitrogens is 2. The monoisotopic (exact) mass is 366 g/mol. The molecule has 0 fully saturated rings. The van der Waals surface area contributed by atoms with Gasteiger partial charge in [0.15, 0.2) is 0 Å². The summed E-state index contributed by atoms with van der Waals surface area (Å²) in [5.74, 6) is -1.26. The maximum absolute atomic E-state index is 12.5. The molecule has 130 valence electrons. The molecule has 3 heterocycles. The fraction of sp³-hybridized carbons (Fsp3) is 0.111. The number of nitrogens with two attached hydrogens (primary N) is 1. The number of carbonyl (C=O) groups is 2. The van der Waals surface area contributed by atoms with E-state index in [-0.39, 0.29) is 16.9 Å². The highest BCUT2D eigenvalue weighted by molar-refractivity contribution is 7.15. The third kappa shape index (κ3) is 2.34. The number of anilines is 1. The number of hydrogen-bond acceptors (Lipinski definition) is 6. The van der Waals surface area contributed by atoms with Gasteiger partial charge in [0.05, 0.1) is 22.5 Å². The molecule has 4 rings (SSSR count). The van der Waals surface area contributed by atoms with E-state index < -0.39 is 17.4 Å². The van der Waals surface area contributed by atoms with Gasteiger partial charge in [-0.25, -0.2) is 4.98 Å². The highest BCUT2D eigenvalue weighted by atomic mass is 32.1. The number of imide groups is 1. The zero-order valence-electron chi connectivity index (χ0n) is 14.0. The van der Waals surface area contributed by atoms with Gasteiger partial charge in [0.25, 0.3) is 17.4 Å². The average molecular weight is 366 g/mol. The van der Waals surface area contributed by atoms with Crippen LogP contribution in [0.2, 0.25) is 0 Å². The molecule has 0 saturated carbocycles. The van der Waals surface area contributed by atoms with Gasteiger partial charge in [0.2, 0.25) is 0 Å². The Hall–Kier alpha value is -3.26.